The fourth-order valence-electron chi connectivity index (χ4n) is 0.792. The Morgan fingerprint density at radius 2 is 1.21 bits per heavy atom. The number of nitrogens with one attached hydrogen (secondary N) is 1. The molecule has 0 fully saturated rings. The van der Waals surface area contributed by atoms with E-state index in [9.17, 15) is 0 Å². The Hall–Kier alpha value is -0.270. The molecule has 1 nitrogen and oxygen atoms in total. The molecule has 0 rings (SSSR count). The van der Waals surface area contributed by atoms with E-state index >= 15 is 0 Å². The number of rotatable bonds is 6. The van der Waals surface area contributed by atoms with Crippen LogP contribution in [-0.4, -0.2) is 13.1 Å². The van der Waals surface area contributed by atoms with Crippen molar-refractivity contribution < 1.29 is 0 Å². The maximum absolute atomic E-state index is 4.00. The predicted molar refractivity (Wildman–Crippen MR) is 68.1 cm³/mol. The molecule has 2 heteroatoms. The molecule has 1 N–H and O–H groups in total. The molecule has 0 radical (unpaired) electrons. The van der Waals surface area contributed by atoms with Gasteiger partial charge in [-0.15, -0.1) is 12.4 Å². The summed E-state index contributed by atoms with van der Waals surface area (Å²) in [6, 6.07) is 0. The molecule has 0 aliphatic heterocycles. The Balaban J connectivity index is 0. The first-order chi connectivity index (χ1) is 5.95. The maximum Gasteiger partial charge on any atom is 0.0167 e. The van der Waals surface area contributed by atoms with E-state index in [-0.39, 0.29) is 12.4 Å². The van der Waals surface area contributed by atoms with Crippen LogP contribution in [0.15, 0.2) is 24.3 Å². The van der Waals surface area contributed by atoms with Crippen LogP contribution in [0.4, 0.5) is 0 Å². The molecule has 0 aromatic carbocycles. The first-order valence-electron chi connectivity index (χ1n) is 5.01. The largest absolute Gasteiger partial charge is 0.309 e. The Labute approximate surface area is 95.1 Å². The average molecular weight is 218 g/mol. The minimum atomic E-state index is 0. The van der Waals surface area contributed by atoms with Gasteiger partial charge in [-0.05, 0) is 11.8 Å². The van der Waals surface area contributed by atoms with Gasteiger partial charge < -0.3 is 5.32 Å². The van der Waals surface area contributed by atoms with Gasteiger partial charge in [-0.25, -0.2) is 0 Å². The second kappa shape index (κ2) is 8.07. The Kier molecular flexibility index (Phi) is 9.32. The van der Waals surface area contributed by atoms with E-state index in [0.29, 0.717) is 11.8 Å². The van der Waals surface area contributed by atoms with Gasteiger partial charge in [0.1, 0.15) is 0 Å². The molecular formula is C12H24ClN. The number of hydrogen-bond acceptors (Lipinski definition) is 1. The van der Waals surface area contributed by atoms with Crippen LogP contribution >= 0.6 is 12.4 Å². The quantitative estimate of drug-likeness (QED) is 0.673. The summed E-state index contributed by atoms with van der Waals surface area (Å²) >= 11 is 0. The SMILES string of the molecule is C=C(CNCC(=C)C(C)C)C(C)C.Cl. The third kappa shape index (κ3) is 7.16. The normalized spacial score (nSPS) is 10.1. The summed E-state index contributed by atoms with van der Waals surface area (Å²) in [5.74, 6) is 1.14. The fraction of sp³-hybridized carbons (Fsp3) is 0.667. The molecule has 0 aromatic rings. The van der Waals surface area contributed by atoms with E-state index in [0.717, 1.165) is 13.1 Å². The predicted octanol–water partition coefficient (Wildman–Crippen LogP) is 3.42. The van der Waals surface area contributed by atoms with Gasteiger partial charge in [-0.2, -0.15) is 0 Å². The summed E-state index contributed by atoms with van der Waals surface area (Å²) in [6.45, 7) is 18.5. The van der Waals surface area contributed by atoms with Crippen LogP contribution in [0.3, 0.4) is 0 Å². The third-order valence-electron chi connectivity index (χ3n) is 2.34. The fourth-order valence-corrected chi connectivity index (χ4v) is 0.792. The van der Waals surface area contributed by atoms with Crippen molar-refractivity contribution in [3.8, 4) is 0 Å². The molecule has 0 aliphatic carbocycles. The summed E-state index contributed by atoms with van der Waals surface area (Å²) < 4.78 is 0. The zero-order chi connectivity index (χ0) is 10.4. The molecule has 0 heterocycles. The van der Waals surface area contributed by atoms with Gasteiger partial charge in [-0.3, -0.25) is 0 Å². The van der Waals surface area contributed by atoms with E-state index in [1.165, 1.54) is 11.1 Å². The zero-order valence-electron chi connectivity index (χ0n) is 9.89. The highest BCUT2D eigenvalue weighted by atomic mass is 35.5. The summed E-state index contributed by atoms with van der Waals surface area (Å²) in [4.78, 5) is 0. The van der Waals surface area contributed by atoms with Crippen LogP contribution in [0.1, 0.15) is 27.7 Å². The minimum absolute atomic E-state index is 0. The van der Waals surface area contributed by atoms with Gasteiger partial charge in [0, 0.05) is 13.1 Å². The number of hydrogen-bond donors (Lipinski definition) is 1. The van der Waals surface area contributed by atoms with Gasteiger partial charge >= 0.3 is 0 Å². The van der Waals surface area contributed by atoms with Gasteiger partial charge in [0.15, 0.2) is 0 Å². The summed E-state index contributed by atoms with van der Waals surface area (Å²) in [5, 5.41) is 3.35. The highest BCUT2D eigenvalue weighted by Crippen LogP contribution is 2.07. The zero-order valence-corrected chi connectivity index (χ0v) is 10.7. The molecule has 0 aliphatic rings. The molecule has 0 unspecified atom stereocenters. The first-order valence-corrected chi connectivity index (χ1v) is 5.01. The van der Waals surface area contributed by atoms with Gasteiger partial charge in [0.2, 0.25) is 0 Å². The second-order valence-corrected chi connectivity index (χ2v) is 4.23. The van der Waals surface area contributed by atoms with E-state index in [4.69, 9.17) is 0 Å². The smallest absolute Gasteiger partial charge is 0.0167 e. The highest BCUT2D eigenvalue weighted by molar-refractivity contribution is 5.85. The summed E-state index contributed by atoms with van der Waals surface area (Å²) in [6.07, 6.45) is 0. The van der Waals surface area contributed by atoms with Gasteiger partial charge in [-0.1, -0.05) is 52.0 Å². The molecule has 0 bridgehead atoms. The molecule has 0 aromatic heterocycles. The standard InChI is InChI=1S/C12H23N.ClH/c1-9(2)11(5)7-13-8-12(6)10(3)4;/h9-10,13H,5-8H2,1-4H3;1H. The van der Waals surface area contributed by atoms with Crippen molar-refractivity contribution in [2.24, 2.45) is 11.8 Å². The van der Waals surface area contributed by atoms with Crippen molar-refractivity contribution in [3.05, 3.63) is 24.3 Å². The Morgan fingerprint density at radius 1 is 0.929 bits per heavy atom. The molecular weight excluding hydrogens is 194 g/mol. The minimum Gasteiger partial charge on any atom is -0.309 e. The second-order valence-electron chi connectivity index (χ2n) is 4.23. The van der Waals surface area contributed by atoms with E-state index in [1.54, 1.807) is 0 Å². The van der Waals surface area contributed by atoms with Crippen LogP contribution in [0.2, 0.25) is 0 Å². The topological polar surface area (TPSA) is 12.0 Å². The Bertz CT molecular complexity index is 163. The molecule has 0 amide bonds. The van der Waals surface area contributed by atoms with Crippen molar-refractivity contribution in [2.45, 2.75) is 27.7 Å². The lowest BCUT2D eigenvalue weighted by atomic mass is 10.0. The number of halogens is 1. The lowest BCUT2D eigenvalue weighted by molar-refractivity contribution is 0.651. The Morgan fingerprint density at radius 3 is 1.43 bits per heavy atom. The monoisotopic (exact) mass is 217 g/mol. The maximum atomic E-state index is 4.00. The van der Waals surface area contributed by atoms with Crippen LogP contribution in [0, 0.1) is 11.8 Å². The summed E-state index contributed by atoms with van der Waals surface area (Å²) in [5.41, 5.74) is 2.52. The van der Waals surface area contributed by atoms with E-state index in [1.807, 2.05) is 0 Å². The van der Waals surface area contributed by atoms with Crippen molar-refractivity contribution in [2.75, 3.05) is 13.1 Å². The van der Waals surface area contributed by atoms with Crippen molar-refractivity contribution in [1.82, 2.24) is 5.32 Å². The van der Waals surface area contributed by atoms with Gasteiger partial charge in [0.25, 0.3) is 0 Å². The summed E-state index contributed by atoms with van der Waals surface area (Å²) in [7, 11) is 0. The van der Waals surface area contributed by atoms with Crippen molar-refractivity contribution in [1.29, 1.82) is 0 Å². The van der Waals surface area contributed by atoms with Crippen molar-refractivity contribution in [3.63, 3.8) is 0 Å². The van der Waals surface area contributed by atoms with E-state index in [2.05, 4.69) is 46.2 Å². The van der Waals surface area contributed by atoms with E-state index < -0.39 is 0 Å². The lowest BCUT2D eigenvalue weighted by Crippen LogP contribution is -2.22. The van der Waals surface area contributed by atoms with Crippen LogP contribution in [-0.2, 0) is 0 Å². The molecule has 0 saturated heterocycles. The average Bonchev–Trinajstić information content (AvgIpc) is 2.03. The van der Waals surface area contributed by atoms with Crippen LogP contribution < -0.4 is 5.32 Å². The lowest BCUT2D eigenvalue weighted by Gasteiger charge is -2.13. The molecule has 0 atom stereocenters. The molecule has 0 spiro atoms. The van der Waals surface area contributed by atoms with Crippen LogP contribution in [0.25, 0.3) is 0 Å². The van der Waals surface area contributed by atoms with Crippen molar-refractivity contribution >= 4 is 12.4 Å². The third-order valence-corrected chi connectivity index (χ3v) is 2.34. The molecule has 0 saturated carbocycles. The molecule has 14 heavy (non-hydrogen) atoms. The first kappa shape index (κ1) is 16.2. The molecule has 84 valence electrons. The highest BCUT2D eigenvalue weighted by Gasteiger charge is 2.01. The van der Waals surface area contributed by atoms with Gasteiger partial charge in [0.05, 0.1) is 0 Å². The van der Waals surface area contributed by atoms with Crippen LogP contribution in [0.5, 0.6) is 0 Å².